The summed E-state index contributed by atoms with van der Waals surface area (Å²) in [7, 11) is 0. The van der Waals surface area contributed by atoms with E-state index in [1.807, 2.05) is 30.3 Å². The van der Waals surface area contributed by atoms with Gasteiger partial charge >= 0.3 is 0 Å². The molecule has 0 atom stereocenters. The van der Waals surface area contributed by atoms with E-state index in [-0.39, 0.29) is 22.9 Å². The smallest absolute Gasteiger partial charge is 0.269 e. The van der Waals surface area contributed by atoms with Crippen LogP contribution in [0.3, 0.4) is 0 Å². The number of non-ortho nitro benzene ring substituents is 1. The largest absolute Gasteiger partial charge is 0.324 e. The van der Waals surface area contributed by atoms with E-state index in [1.54, 1.807) is 36.4 Å². The fraction of sp³-hybridized carbons (Fsp3) is 0.0385. The van der Waals surface area contributed by atoms with Crippen molar-refractivity contribution >= 4 is 52.2 Å². The zero-order valence-electron chi connectivity index (χ0n) is 18.4. The van der Waals surface area contributed by atoms with Crippen LogP contribution < -0.4 is 5.32 Å². The predicted molar refractivity (Wildman–Crippen MR) is 142 cm³/mol. The number of nitro groups is 1. The summed E-state index contributed by atoms with van der Waals surface area (Å²) < 4.78 is 0. The van der Waals surface area contributed by atoms with Crippen LogP contribution in [-0.4, -0.2) is 21.6 Å². The van der Waals surface area contributed by atoms with Crippen LogP contribution in [0.5, 0.6) is 0 Å². The molecular formula is C26H16Cl2N4O3S. The second-order valence-electron chi connectivity index (χ2n) is 7.48. The quantitative estimate of drug-likeness (QED) is 0.152. The van der Waals surface area contributed by atoms with E-state index in [2.05, 4.69) is 16.4 Å². The highest BCUT2D eigenvalue weighted by Crippen LogP contribution is 2.35. The summed E-state index contributed by atoms with van der Waals surface area (Å²) in [6.07, 6.45) is 0. The predicted octanol–water partition coefficient (Wildman–Crippen LogP) is 7.23. The van der Waals surface area contributed by atoms with Crippen molar-refractivity contribution < 1.29 is 9.72 Å². The molecule has 0 unspecified atom stereocenters. The average molecular weight is 535 g/mol. The van der Waals surface area contributed by atoms with Crippen LogP contribution in [0.2, 0.25) is 10.0 Å². The van der Waals surface area contributed by atoms with E-state index in [1.165, 1.54) is 12.1 Å². The molecule has 178 valence electrons. The Morgan fingerprint density at radius 3 is 2.42 bits per heavy atom. The van der Waals surface area contributed by atoms with Crippen molar-refractivity contribution in [2.45, 2.75) is 5.03 Å². The van der Waals surface area contributed by atoms with E-state index in [0.717, 1.165) is 17.3 Å². The van der Waals surface area contributed by atoms with Gasteiger partial charge in [0.2, 0.25) is 5.91 Å². The number of amides is 1. The molecule has 3 aromatic carbocycles. The standard InChI is InChI=1S/C26H16Cl2N4O3S/c27-18-8-11-22(28)24(12-18)30-25(33)15-36-26-21(14-29)20(16-6-9-19(10-7-16)32(34)35)13-23(31-26)17-4-2-1-3-5-17/h1-13H,15H2,(H,30,33). The van der Waals surface area contributed by atoms with Crippen LogP contribution >= 0.6 is 35.0 Å². The minimum absolute atomic E-state index is 0.0392. The number of rotatable bonds is 7. The van der Waals surface area contributed by atoms with Crippen LogP contribution in [0.1, 0.15) is 5.56 Å². The zero-order valence-corrected chi connectivity index (χ0v) is 20.8. The zero-order chi connectivity index (χ0) is 25.7. The number of benzene rings is 3. The van der Waals surface area contributed by atoms with E-state index < -0.39 is 4.92 Å². The molecule has 0 aliphatic carbocycles. The van der Waals surface area contributed by atoms with E-state index in [9.17, 15) is 20.2 Å². The molecule has 0 aliphatic rings. The first-order chi connectivity index (χ1) is 17.4. The van der Waals surface area contributed by atoms with E-state index in [4.69, 9.17) is 23.2 Å². The molecule has 1 aromatic heterocycles. The lowest BCUT2D eigenvalue weighted by Gasteiger charge is -2.13. The lowest BCUT2D eigenvalue weighted by atomic mass is 9.99. The van der Waals surface area contributed by atoms with Crippen molar-refractivity contribution in [2.75, 3.05) is 11.1 Å². The summed E-state index contributed by atoms with van der Waals surface area (Å²) in [5, 5.41) is 24.9. The fourth-order valence-corrected chi connectivity index (χ4v) is 4.53. The van der Waals surface area contributed by atoms with Crippen LogP contribution in [0.25, 0.3) is 22.4 Å². The highest BCUT2D eigenvalue weighted by molar-refractivity contribution is 8.00. The highest BCUT2D eigenvalue weighted by Gasteiger charge is 2.18. The van der Waals surface area contributed by atoms with Gasteiger partial charge < -0.3 is 5.32 Å². The van der Waals surface area contributed by atoms with Gasteiger partial charge in [0.1, 0.15) is 11.1 Å². The molecule has 1 amide bonds. The fourth-order valence-electron chi connectivity index (χ4n) is 3.39. The number of hydrogen-bond acceptors (Lipinski definition) is 6. The molecule has 1 heterocycles. The normalized spacial score (nSPS) is 10.5. The Balaban J connectivity index is 1.70. The number of nitrogens with one attached hydrogen (secondary N) is 1. The maximum atomic E-state index is 12.7. The number of aromatic nitrogens is 1. The molecule has 0 saturated carbocycles. The SMILES string of the molecule is N#Cc1c(-c2ccc([N+](=O)[O-])cc2)cc(-c2ccccc2)nc1SCC(=O)Nc1cc(Cl)ccc1Cl. The van der Waals surface area contributed by atoms with Crippen molar-refractivity contribution in [1.29, 1.82) is 5.26 Å². The van der Waals surface area contributed by atoms with Gasteiger partial charge in [-0.2, -0.15) is 5.26 Å². The van der Waals surface area contributed by atoms with Gasteiger partial charge in [0, 0.05) is 28.3 Å². The van der Waals surface area contributed by atoms with Crippen molar-refractivity contribution in [2.24, 2.45) is 0 Å². The lowest BCUT2D eigenvalue weighted by Crippen LogP contribution is -2.14. The molecule has 0 spiro atoms. The van der Waals surface area contributed by atoms with Gasteiger partial charge in [-0.15, -0.1) is 0 Å². The minimum Gasteiger partial charge on any atom is -0.324 e. The topological polar surface area (TPSA) is 109 Å². The Kier molecular flexibility index (Phi) is 7.86. The first kappa shape index (κ1) is 25.2. The van der Waals surface area contributed by atoms with Crippen molar-refractivity contribution in [3.8, 4) is 28.5 Å². The Morgan fingerprint density at radius 1 is 1.03 bits per heavy atom. The van der Waals surface area contributed by atoms with Crippen LogP contribution in [0.4, 0.5) is 11.4 Å². The highest BCUT2D eigenvalue weighted by atomic mass is 35.5. The van der Waals surface area contributed by atoms with Gasteiger partial charge in [0.05, 0.1) is 32.6 Å². The number of halogens is 2. The molecular weight excluding hydrogens is 519 g/mol. The summed E-state index contributed by atoms with van der Waals surface area (Å²) in [5.74, 6) is -0.389. The summed E-state index contributed by atoms with van der Waals surface area (Å²) in [6, 6.07) is 24.0. The molecule has 36 heavy (non-hydrogen) atoms. The molecule has 10 heteroatoms. The number of carbonyl (C=O) groups is 1. The number of carbonyl (C=O) groups excluding carboxylic acids is 1. The van der Waals surface area contributed by atoms with Gasteiger partial charge in [-0.25, -0.2) is 4.98 Å². The first-order valence-electron chi connectivity index (χ1n) is 10.5. The Bertz CT molecular complexity index is 1490. The van der Waals surface area contributed by atoms with Crippen LogP contribution in [-0.2, 0) is 4.79 Å². The molecule has 0 bridgehead atoms. The number of thioether (sulfide) groups is 1. The maximum Gasteiger partial charge on any atom is 0.269 e. The first-order valence-corrected chi connectivity index (χ1v) is 12.2. The van der Waals surface area contributed by atoms with Gasteiger partial charge in [0.25, 0.3) is 5.69 Å². The molecule has 0 fully saturated rings. The summed E-state index contributed by atoms with van der Waals surface area (Å²) in [6.45, 7) is 0. The molecule has 0 saturated heterocycles. The Morgan fingerprint density at radius 2 is 1.75 bits per heavy atom. The van der Waals surface area contributed by atoms with Gasteiger partial charge in [-0.3, -0.25) is 14.9 Å². The summed E-state index contributed by atoms with van der Waals surface area (Å²) in [4.78, 5) is 27.9. The van der Waals surface area contributed by atoms with Crippen molar-refractivity contribution in [3.05, 3.63) is 105 Å². The molecule has 4 aromatic rings. The molecule has 1 N–H and O–H groups in total. The monoisotopic (exact) mass is 534 g/mol. The second-order valence-corrected chi connectivity index (χ2v) is 9.29. The van der Waals surface area contributed by atoms with E-state index >= 15 is 0 Å². The number of pyridine rings is 1. The third-order valence-corrected chi connectivity index (χ3v) is 6.64. The van der Waals surface area contributed by atoms with Gasteiger partial charge in [-0.1, -0.05) is 65.3 Å². The Hall–Kier alpha value is -3.90. The van der Waals surface area contributed by atoms with Crippen molar-refractivity contribution in [3.63, 3.8) is 0 Å². The number of nitro benzene ring substituents is 1. The second kappa shape index (κ2) is 11.2. The van der Waals surface area contributed by atoms with Gasteiger partial charge in [0.15, 0.2) is 0 Å². The number of nitrogens with zero attached hydrogens (tertiary/aromatic N) is 3. The maximum absolute atomic E-state index is 12.7. The number of nitriles is 1. The average Bonchev–Trinajstić information content (AvgIpc) is 2.89. The summed E-state index contributed by atoms with van der Waals surface area (Å²) >= 11 is 13.2. The molecule has 4 rings (SSSR count). The van der Waals surface area contributed by atoms with Crippen LogP contribution in [0, 0.1) is 21.4 Å². The molecule has 7 nitrogen and oxygen atoms in total. The number of anilines is 1. The van der Waals surface area contributed by atoms with Crippen molar-refractivity contribution in [1.82, 2.24) is 4.98 Å². The lowest BCUT2D eigenvalue weighted by molar-refractivity contribution is -0.384. The minimum atomic E-state index is -0.483. The molecule has 0 radical (unpaired) electrons. The third kappa shape index (κ3) is 5.83. The third-order valence-electron chi connectivity index (χ3n) is 5.10. The molecule has 0 aliphatic heterocycles. The summed E-state index contributed by atoms with van der Waals surface area (Å²) in [5.41, 5.74) is 3.19. The van der Waals surface area contributed by atoms with E-state index in [0.29, 0.717) is 37.6 Å². The number of hydrogen-bond donors (Lipinski definition) is 1. The van der Waals surface area contributed by atoms with Gasteiger partial charge in [-0.05, 0) is 42.0 Å². The Labute approximate surface area is 220 Å². The van der Waals surface area contributed by atoms with Crippen LogP contribution in [0.15, 0.2) is 83.9 Å².